The highest BCUT2D eigenvalue weighted by molar-refractivity contribution is 9.08. The standard InChI is InChI=1S/C8H6BrF2NO2/c9-3-6-4(8(13)14)1-2-5(12-6)7(10)11/h1-2,7H,3H2,(H,13,14). The van der Waals surface area contributed by atoms with Crippen LogP contribution in [0.5, 0.6) is 0 Å². The third-order valence-electron chi connectivity index (χ3n) is 1.58. The number of alkyl halides is 3. The largest absolute Gasteiger partial charge is 0.478 e. The van der Waals surface area contributed by atoms with Gasteiger partial charge in [-0.25, -0.2) is 13.6 Å². The van der Waals surface area contributed by atoms with Crippen LogP contribution in [0.15, 0.2) is 12.1 Å². The number of aromatic carboxylic acids is 1. The number of halogens is 3. The molecule has 1 rings (SSSR count). The van der Waals surface area contributed by atoms with Gasteiger partial charge < -0.3 is 5.11 Å². The van der Waals surface area contributed by atoms with Gasteiger partial charge >= 0.3 is 5.97 Å². The van der Waals surface area contributed by atoms with Crippen LogP contribution in [0.1, 0.15) is 28.2 Å². The Morgan fingerprint density at radius 2 is 2.21 bits per heavy atom. The molecule has 76 valence electrons. The van der Waals surface area contributed by atoms with Gasteiger partial charge in [-0.1, -0.05) is 15.9 Å². The molecule has 3 nitrogen and oxygen atoms in total. The second-order valence-corrected chi connectivity index (χ2v) is 3.03. The van der Waals surface area contributed by atoms with E-state index in [4.69, 9.17) is 5.11 Å². The summed E-state index contributed by atoms with van der Waals surface area (Å²) in [5.74, 6) is -1.17. The van der Waals surface area contributed by atoms with Crippen molar-refractivity contribution < 1.29 is 18.7 Å². The van der Waals surface area contributed by atoms with Gasteiger partial charge in [-0.2, -0.15) is 0 Å². The van der Waals surface area contributed by atoms with Crippen molar-refractivity contribution in [1.82, 2.24) is 4.98 Å². The summed E-state index contributed by atoms with van der Waals surface area (Å²) >= 11 is 2.99. The molecule has 0 aliphatic heterocycles. The van der Waals surface area contributed by atoms with Crippen molar-refractivity contribution in [2.24, 2.45) is 0 Å². The van der Waals surface area contributed by atoms with Crippen molar-refractivity contribution in [1.29, 1.82) is 0 Å². The first-order valence-electron chi connectivity index (χ1n) is 3.63. The second kappa shape index (κ2) is 4.45. The van der Waals surface area contributed by atoms with Gasteiger partial charge in [0.25, 0.3) is 6.43 Å². The molecule has 0 spiro atoms. The van der Waals surface area contributed by atoms with Crippen molar-refractivity contribution in [3.63, 3.8) is 0 Å². The normalized spacial score (nSPS) is 10.6. The Balaban J connectivity index is 3.18. The molecule has 1 aromatic heterocycles. The van der Waals surface area contributed by atoms with Crippen LogP contribution in [0, 0.1) is 0 Å². The minimum atomic E-state index is -2.68. The molecule has 0 radical (unpaired) electrons. The molecule has 0 unspecified atom stereocenters. The summed E-state index contributed by atoms with van der Waals surface area (Å²) in [6.07, 6.45) is -2.68. The van der Waals surface area contributed by atoms with Crippen LogP contribution in [0.2, 0.25) is 0 Å². The lowest BCUT2D eigenvalue weighted by Crippen LogP contribution is -2.05. The Morgan fingerprint density at radius 1 is 1.57 bits per heavy atom. The van der Waals surface area contributed by atoms with Crippen LogP contribution >= 0.6 is 15.9 Å². The van der Waals surface area contributed by atoms with E-state index in [0.29, 0.717) is 0 Å². The van der Waals surface area contributed by atoms with Crippen molar-refractivity contribution in [3.05, 3.63) is 29.1 Å². The van der Waals surface area contributed by atoms with Gasteiger partial charge in [0.2, 0.25) is 0 Å². The Hall–Kier alpha value is -1.04. The van der Waals surface area contributed by atoms with Crippen LogP contribution in [0.3, 0.4) is 0 Å². The summed E-state index contributed by atoms with van der Waals surface area (Å²) in [4.78, 5) is 14.1. The lowest BCUT2D eigenvalue weighted by molar-refractivity contribution is 0.0694. The number of aromatic nitrogens is 1. The Kier molecular flexibility index (Phi) is 3.51. The van der Waals surface area contributed by atoms with E-state index in [9.17, 15) is 13.6 Å². The molecule has 0 fully saturated rings. The van der Waals surface area contributed by atoms with Gasteiger partial charge in [-0.3, -0.25) is 4.98 Å². The van der Waals surface area contributed by atoms with Crippen molar-refractivity contribution in [2.45, 2.75) is 11.8 Å². The van der Waals surface area contributed by atoms with Crippen molar-refractivity contribution in [2.75, 3.05) is 0 Å². The molecule has 0 saturated carbocycles. The van der Waals surface area contributed by atoms with Gasteiger partial charge in [-0.05, 0) is 12.1 Å². The fourth-order valence-electron chi connectivity index (χ4n) is 0.936. The summed E-state index contributed by atoms with van der Waals surface area (Å²) in [6, 6.07) is 2.15. The summed E-state index contributed by atoms with van der Waals surface area (Å²) < 4.78 is 24.4. The average molecular weight is 266 g/mol. The molecule has 14 heavy (non-hydrogen) atoms. The van der Waals surface area contributed by atoms with E-state index in [-0.39, 0.29) is 16.6 Å². The third kappa shape index (κ3) is 2.25. The average Bonchev–Trinajstić information content (AvgIpc) is 2.16. The zero-order valence-corrected chi connectivity index (χ0v) is 8.46. The van der Waals surface area contributed by atoms with E-state index in [0.717, 1.165) is 12.1 Å². The SMILES string of the molecule is O=C(O)c1ccc(C(F)F)nc1CBr. The molecular formula is C8H6BrF2NO2. The third-order valence-corrected chi connectivity index (χ3v) is 2.11. The first-order chi connectivity index (χ1) is 6.56. The van der Waals surface area contributed by atoms with E-state index >= 15 is 0 Å². The van der Waals surface area contributed by atoms with Crippen LogP contribution in [0.25, 0.3) is 0 Å². The molecule has 0 amide bonds. The minimum absolute atomic E-state index is 0.0636. The van der Waals surface area contributed by atoms with E-state index in [1.54, 1.807) is 0 Å². The molecule has 1 N–H and O–H groups in total. The van der Waals surface area contributed by atoms with Gasteiger partial charge in [0, 0.05) is 5.33 Å². The molecule has 0 aromatic carbocycles. The van der Waals surface area contributed by atoms with E-state index < -0.39 is 18.1 Å². The number of hydrogen-bond donors (Lipinski definition) is 1. The van der Waals surface area contributed by atoms with Crippen LogP contribution in [0.4, 0.5) is 8.78 Å². The summed E-state index contributed by atoms with van der Waals surface area (Å²) in [6.45, 7) is 0. The maximum Gasteiger partial charge on any atom is 0.337 e. The molecule has 6 heteroatoms. The molecular weight excluding hydrogens is 260 g/mol. The smallest absolute Gasteiger partial charge is 0.337 e. The zero-order valence-electron chi connectivity index (χ0n) is 6.88. The van der Waals surface area contributed by atoms with Crippen molar-refractivity contribution in [3.8, 4) is 0 Å². The predicted molar refractivity (Wildman–Crippen MR) is 48.8 cm³/mol. The van der Waals surface area contributed by atoms with Gasteiger partial charge in [0.05, 0.1) is 11.3 Å². The van der Waals surface area contributed by atoms with Gasteiger partial charge in [-0.15, -0.1) is 0 Å². The predicted octanol–water partition coefficient (Wildman–Crippen LogP) is 2.61. The van der Waals surface area contributed by atoms with E-state index in [2.05, 4.69) is 20.9 Å². The minimum Gasteiger partial charge on any atom is -0.478 e. The quantitative estimate of drug-likeness (QED) is 0.855. The number of pyridine rings is 1. The fraction of sp³-hybridized carbons (Fsp3) is 0.250. The number of carboxylic acids is 1. The molecule has 0 aliphatic carbocycles. The topological polar surface area (TPSA) is 50.2 Å². The maximum atomic E-state index is 12.2. The molecule has 0 saturated heterocycles. The number of nitrogens with zero attached hydrogens (tertiary/aromatic N) is 1. The van der Waals surface area contributed by atoms with Crippen LogP contribution in [-0.2, 0) is 5.33 Å². The zero-order chi connectivity index (χ0) is 10.7. The first kappa shape index (κ1) is 11.0. The molecule has 0 bridgehead atoms. The van der Waals surface area contributed by atoms with Crippen LogP contribution in [-0.4, -0.2) is 16.1 Å². The van der Waals surface area contributed by atoms with Crippen molar-refractivity contribution >= 4 is 21.9 Å². The second-order valence-electron chi connectivity index (χ2n) is 2.47. The summed E-state index contributed by atoms with van der Waals surface area (Å²) in [7, 11) is 0. The monoisotopic (exact) mass is 265 g/mol. The number of rotatable bonds is 3. The highest BCUT2D eigenvalue weighted by Gasteiger charge is 2.15. The summed E-state index contributed by atoms with van der Waals surface area (Å²) in [5, 5.41) is 8.81. The van der Waals surface area contributed by atoms with E-state index in [1.165, 1.54) is 0 Å². The fourth-order valence-corrected chi connectivity index (χ4v) is 1.36. The Labute approximate surface area is 86.9 Å². The number of carboxylic acid groups (broad SMARTS) is 1. The molecule has 0 atom stereocenters. The molecule has 0 aliphatic rings. The number of hydrogen-bond acceptors (Lipinski definition) is 2. The van der Waals surface area contributed by atoms with Gasteiger partial charge in [0.1, 0.15) is 5.69 Å². The highest BCUT2D eigenvalue weighted by atomic mass is 79.9. The molecule has 1 aromatic rings. The summed E-state index contributed by atoms with van der Waals surface area (Å²) in [5.41, 5.74) is -0.369. The number of carbonyl (C=O) groups is 1. The molecule has 1 heterocycles. The highest BCUT2D eigenvalue weighted by Crippen LogP contribution is 2.19. The lowest BCUT2D eigenvalue weighted by Gasteiger charge is -2.04. The Bertz CT molecular complexity index is 357. The Morgan fingerprint density at radius 3 is 2.64 bits per heavy atom. The lowest BCUT2D eigenvalue weighted by atomic mass is 10.2. The van der Waals surface area contributed by atoms with Gasteiger partial charge in [0.15, 0.2) is 0 Å². The van der Waals surface area contributed by atoms with E-state index in [1.807, 2.05) is 0 Å². The maximum absolute atomic E-state index is 12.2. The first-order valence-corrected chi connectivity index (χ1v) is 4.75. The van der Waals surface area contributed by atoms with Crippen LogP contribution < -0.4 is 0 Å².